The standard InChI is InChI=1S/C18H14BrNO4/c1-24-13-5-3-2-4-12(13)15-14(17(22)18(23)20-15)16(21)10-6-8-11(19)9-7-10/h2-9,15,21H,1H3,(H,20,23)/b16-14+/t15-/m0/s1. The third-order valence-corrected chi connectivity index (χ3v) is 4.37. The molecule has 1 aliphatic rings. The van der Waals surface area contributed by atoms with Crippen LogP contribution in [0.25, 0.3) is 5.76 Å². The van der Waals surface area contributed by atoms with Gasteiger partial charge in [0.05, 0.1) is 18.7 Å². The molecule has 6 heteroatoms. The summed E-state index contributed by atoms with van der Waals surface area (Å²) in [4.78, 5) is 24.2. The zero-order valence-corrected chi connectivity index (χ0v) is 14.3. The summed E-state index contributed by atoms with van der Waals surface area (Å²) < 4.78 is 6.15. The number of ketones is 1. The Morgan fingerprint density at radius 1 is 1.12 bits per heavy atom. The van der Waals surface area contributed by atoms with E-state index in [1.807, 2.05) is 0 Å². The molecule has 0 aromatic heterocycles. The first kappa shape index (κ1) is 16.3. The molecule has 1 atom stereocenters. The van der Waals surface area contributed by atoms with Crippen molar-refractivity contribution in [3.8, 4) is 5.75 Å². The molecule has 2 N–H and O–H groups in total. The minimum absolute atomic E-state index is 0.0202. The second-order valence-electron chi connectivity index (χ2n) is 5.25. The maximum atomic E-state index is 12.3. The Balaban J connectivity index is 2.15. The van der Waals surface area contributed by atoms with Gasteiger partial charge in [-0.05, 0) is 18.2 Å². The zero-order valence-electron chi connectivity index (χ0n) is 12.7. The SMILES string of the molecule is COc1ccccc1[C@@H]1NC(=O)C(=O)/C1=C(/O)c1ccc(Br)cc1. The number of para-hydroxylation sites is 1. The quantitative estimate of drug-likeness (QED) is 0.481. The number of methoxy groups -OCH3 is 1. The Labute approximate surface area is 147 Å². The van der Waals surface area contributed by atoms with Gasteiger partial charge in [-0.25, -0.2) is 0 Å². The Hall–Kier alpha value is -2.60. The fraction of sp³-hybridized carbons (Fsp3) is 0.111. The topological polar surface area (TPSA) is 75.6 Å². The van der Waals surface area contributed by atoms with Crippen molar-refractivity contribution < 1.29 is 19.4 Å². The van der Waals surface area contributed by atoms with E-state index in [2.05, 4.69) is 21.2 Å². The van der Waals surface area contributed by atoms with Crippen molar-refractivity contribution in [3.63, 3.8) is 0 Å². The van der Waals surface area contributed by atoms with Crippen LogP contribution in [0.3, 0.4) is 0 Å². The highest BCUT2D eigenvalue weighted by Crippen LogP contribution is 2.36. The molecular formula is C18H14BrNO4. The summed E-state index contributed by atoms with van der Waals surface area (Å²) in [6.07, 6.45) is 0. The minimum Gasteiger partial charge on any atom is -0.507 e. The number of benzene rings is 2. The molecule has 0 aliphatic carbocycles. The highest BCUT2D eigenvalue weighted by molar-refractivity contribution is 9.10. The lowest BCUT2D eigenvalue weighted by Gasteiger charge is -2.16. The number of hydrogen-bond acceptors (Lipinski definition) is 4. The van der Waals surface area contributed by atoms with Gasteiger partial charge >= 0.3 is 0 Å². The average molecular weight is 388 g/mol. The number of hydrogen-bond donors (Lipinski definition) is 2. The van der Waals surface area contributed by atoms with Gasteiger partial charge in [0.15, 0.2) is 0 Å². The number of aliphatic hydroxyl groups is 1. The molecular weight excluding hydrogens is 374 g/mol. The number of Topliss-reactive ketones (excluding diaryl/α,β-unsaturated/α-hetero) is 1. The molecule has 3 rings (SSSR count). The van der Waals surface area contributed by atoms with Crippen molar-refractivity contribution in [2.45, 2.75) is 6.04 Å². The normalized spacial score (nSPS) is 19.2. The molecule has 1 fully saturated rings. The van der Waals surface area contributed by atoms with Gasteiger partial charge in [-0.15, -0.1) is 0 Å². The summed E-state index contributed by atoms with van der Waals surface area (Å²) in [6, 6.07) is 13.1. The lowest BCUT2D eigenvalue weighted by atomic mass is 9.95. The number of rotatable bonds is 3. The van der Waals surface area contributed by atoms with Crippen molar-refractivity contribution in [2.24, 2.45) is 0 Å². The molecule has 0 bridgehead atoms. The van der Waals surface area contributed by atoms with E-state index < -0.39 is 17.7 Å². The van der Waals surface area contributed by atoms with Crippen molar-refractivity contribution in [1.29, 1.82) is 0 Å². The molecule has 2 aromatic rings. The molecule has 5 nitrogen and oxygen atoms in total. The van der Waals surface area contributed by atoms with Crippen molar-refractivity contribution >= 4 is 33.4 Å². The Morgan fingerprint density at radius 2 is 1.79 bits per heavy atom. The third-order valence-electron chi connectivity index (χ3n) is 3.84. The zero-order chi connectivity index (χ0) is 17.3. The monoisotopic (exact) mass is 387 g/mol. The number of aliphatic hydroxyl groups excluding tert-OH is 1. The van der Waals surface area contributed by atoms with Gasteiger partial charge in [0.1, 0.15) is 11.5 Å². The number of ether oxygens (including phenoxy) is 1. The minimum atomic E-state index is -0.759. The summed E-state index contributed by atoms with van der Waals surface area (Å²) in [5, 5.41) is 13.2. The first-order valence-corrected chi connectivity index (χ1v) is 7.99. The van der Waals surface area contributed by atoms with Gasteiger partial charge in [0.25, 0.3) is 11.7 Å². The van der Waals surface area contributed by atoms with Crippen molar-refractivity contribution in [3.05, 3.63) is 69.7 Å². The first-order valence-electron chi connectivity index (χ1n) is 7.20. The maximum absolute atomic E-state index is 12.3. The molecule has 2 aromatic carbocycles. The Bertz CT molecular complexity index is 842. The van der Waals surface area contributed by atoms with E-state index in [-0.39, 0.29) is 11.3 Å². The van der Waals surface area contributed by atoms with E-state index in [0.29, 0.717) is 16.9 Å². The third kappa shape index (κ3) is 2.80. The van der Waals surface area contributed by atoms with Crippen LogP contribution in [-0.2, 0) is 9.59 Å². The Kier molecular flexibility index (Phi) is 4.40. The molecule has 1 saturated heterocycles. The van der Waals surface area contributed by atoms with Gasteiger partial charge in [0.2, 0.25) is 0 Å². The van der Waals surface area contributed by atoms with E-state index in [0.717, 1.165) is 4.47 Å². The van der Waals surface area contributed by atoms with Crippen LogP contribution in [0, 0.1) is 0 Å². The van der Waals surface area contributed by atoms with Crippen molar-refractivity contribution in [1.82, 2.24) is 5.32 Å². The average Bonchev–Trinajstić information content (AvgIpc) is 2.90. The van der Waals surface area contributed by atoms with E-state index in [1.165, 1.54) is 7.11 Å². The molecule has 1 amide bonds. The smallest absolute Gasteiger partial charge is 0.293 e. The van der Waals surface area contributed by atoms with Crippen molar-refractivity contribution in [2.75, 3.05) is 7.11 Å². The van der Waals surface area contributed by atoms with Crippen LogP contribution < -0.4 is 10.1 Å². The van der Waals surface area contributed by atoms with Crippen LogP contribution in [0.15, 0.2) is 58.6 Å². The molecule has 1 heterocycles. The predicted octanol–water partition coefficient (Wildman–Crippen LogP) is 3.17. The number of carbonyl (C=O) groups is 2. The first-order chi connectivity index (χ1) is 11.5. The predicted molar refractivity (Wildman–Crippen MR) is 92.6 cm³/mol. The van der Waals surface area contributed by atoms with Gasteiger partial charge < -0.3 is 15.2 Å². The molecule has 0 spiro atoms. The lowest BCUT2D eigenvalue weighted by molar-refractivity contribution is -0.133. The number of amides is 1. The summed E-state index contributed by atoms with van der Waals surface area (Å²) in [5.41, 5.74) is 1.09. The molecule has 1 aliphatic heterocycles. The highest BCUT2D eigenvalue weighted by Gasteiger charge is 2.40. The molecule has 122 valence electrons. The number of nitrogens with one attached hydrogen (secondary N) is 1. The number of carbonyl (C=O) groups excluding carboxylic acids is 2. The van der Waals surface area contributed by atoms with Crippen LogP contribution in [0.1, 0.15) is 17.2 Å². The summed E-state index contributed by atoms with van der Waals surface area (Å²) in [6.45, 7) is 0. The fourth-order valence-corrected chi connectivity index (χ4v) is 2.93. The second kappa shape index (κ2) is 6.49. The van der Waals surface area contributed by atoms with Gasteiger partial charge in [-0.3, -0.25) is 9.59 Å². The summed E-state index contributed by atoms with van der Waals surface area (Å²) >= 11 is 3.32. The number of halogens is 1. The van der Waals surface area contributed by atoms with Crippen LogP contribution in [0.5, 0.6) is 5.75 Å². The van der Waals surface area contributed by atoms with Gasteiger partial charge in [0, 0.05) is 15.6 Å². The molecule has 24 heavy (non-hydrogen) atoms. The van der Waals surface area contributed by atoms with Gasteiger partial charge in [-0.1, -0.05) is 46.3 Å². The second-order valence-corrected chi connectivity index (χ2v) is 6.16. The largest absolute Gasteiger partial charge is 0.507 e. The van der Waals surface area contributed by atoms with Crippen LogP contribution in [-0.4, -0.2) is 23.9 Å². The summed E-state index contributed by atoms with van der Waals surface area (Å²) in [7, 11) is 1.51. The van der Waals surface area contributed by atoms with Crippen LogP contribution >= 0.6 is 15.9 Å². The Morgan fingerprint density at radius 3 is 2.46 bits per heavy atom. The lowest BCUT2D eigenvalue weighted by Crippen LogP contribution is -2.21. The van der Waals surface area contributed by atoms with Crippen LogP contribution in [0.4, 0.5) is 0 Å². The fourth-order valence-electron chi connectivity index (χ4n) is 2.67. The van der Waals surface area contributed by atoms with E-state index in [1.54, 1.807) is 48.5 Å². The highest BCUT2D eigenvalue weighted by atomic mass is 79.9. The maximum Gasteiger partial charge on any atom is 0.293 e. The molecule has 0 saturated carbocycles. The summed E-state index contributed by atoms with van der Waals surface area (Å²) in [5.74, 6) is -1.18. The molecule has 0 unspecified atom stereocenters. The van der Waals surface area contributed by atoms with E-state index in [4.69, 9.17) is 4.74 Å². The van der Waals surface area contributed by atoms with E-state index in [9.17, 15) is 14.7 Å². The van der Waals surface area contributed by atoms with Gasteiger partial charge in [-0.2, -0.15) is 0 Å². The van der Waals surface area contributed by atoms with Crippen LogP contribution in [0.2, 0.25) is 0 Å². The van der Waals surface area contributed by atoms with E-state index >= 15 is 0 Å². The molecule has 0 radical (unpaired) electrons.